The predicted octanol–water partition coefficient (Wildman–Crippen LogP) is 3.93. The largest absolute Gasteiger partial charge is 0.469 e. The maximum absolute atomic E-state index is 13.2. The van der Waals surface area contributed by atoms with E-state index in [0.717, 1.165) is 24.2 Å². The highest BCUT2D eigenvalue weighted by Crippen LogP contribution is 2.42. The van der Waals surface area contributed by atoms with Gasteiger partial charge in [0.05, 0.1) is 6.26 Å². The molecule has 1 fully saturated rings. The number of nitrogens with one attached hydrogen (secondary N) is 1. The Bertz CT molecular complexity index is 389. The molecule has 1 aromatic heterocycles. The first-order chi connectivity index (χ1) is 8.55. The number of aryl methyl sites for hydroxylation is 1. The van der Waals surface area contributed by atoms with Crippen LogP contribution in [0.2, 0.25) is 0 Å². The molecule has 0 aliphatic heterocycles. The zero-order chi connectivity index (χ0) is 13.2. The van der Waals surface area contributed by atoms with Crippen molar-refractivity contribution in [2.24, 2.45) is 5.92 Å². The minimum Gasteiger partial charge on any atom is -0.469 e. The third kappa shape index (κ3) is 2.91. The summed E-state index contributed by atoms with van der Waals surface area (Å²) in [4.78, 5) is 0. The number of rotatable bonds is 5. The van der Waals surface area contributed by atoms with Gasteiger partial charge >= 0.3 is 0 Å². The topological polar surface area (TPSA) is 25.2 Å². The second-order valence-electron chi connectivity index (χ2n) is 5.19. The van der Waals surface area contributed by atoms with Crippen LogP contribution in [-0.4, -0.2) is 13.0 Å². The van der Waals surface area contributed by atoms with E-state index in [2.05, 4.69) is 5.32 Å². The van der Waals surface area contributed by atoms with Crippen molar-refractivity contribution in [3.63, 3.8) is 0 Å². The molecule has 0 bridgehead atoms. The van der Waals surface area contributed by atoms with Gasteiger partial charge in [-0.15, -0.1) is 0 Å². The van der Waals surface area contributed by atoms with E-state index in [9.17, 15) is 8.78 Å². The molecule has 1 heterocycles. The Balaban J connectivity index is 2.02. The highest BCUT2D eigenvalue weighted by Gasteiger charge is 2.40. The fourth-order valence-electron chi connectivity index (χ4n) is 2.92. The molecule has 2 unspecified atom stereocenters. The lowest BCUT2D eigenvalue weighted by Crippen LogP contribution is -2.20. The Labute approximate surface area is 107 Å². The first-order valence-electron chi connectivity index (χ1n) is 6.67. The summed E-state index contributed by atoms with van der Waals surface area (Å²) >= 11 is 0. The molecule has 1 N–H and O–H groups in total. The molecular weight excluding hydrogens is 236 g/mol. The van der Waals surface area contributed by atoms with Crippen LogP contribution in [0.15, 0.2) is 16.7 Å². The molecule has 18 heavy (non-hydrogen) atoms. The summed E-state index contributed by atoms with van der Waals surface area (Å²) in [6, 6.07) is 2.07. The number of furan rings is 1. The minimum absolute atomic E-state index is 0.0322. The average molecular weight is 257 g/mol. The fourth-order valence-corrected chi connectivity index (χ4v) is 2.92. The smallest absolute Gasteiger partial charge is 0.248 e. The lowest BCUT2D eigenvalue weighted by Gasteiger charge is -2.20. The summed E-state index contributed by atoms with van der Waals surface area (Å²) in [5.74, 6) is -1.39. The van der Waals surface area contributed by atoms with Gasteiger partial charge < -0.3 is 9.73 Å². The van der Waals surface area contributed by atoms with E-state index in [0.29, 0.717) is 6.42 Å². The van der Waals surface area contributed by atoms with Gasteiger partial charge in [-0.1, -0.05) is 6.92 Å². The van der Waals surface area contributed by atoms with E-state index < -0.39 is 5.92 Å². The maximum Gasteiger partial charge on any atom is 0.248 e. The lowest BCUT2D eigenvalue weighted by atomic mass is 9.93. The van der Waals surface area contributed by atoms with Crippen molar-refractivity contribution in [1.82, 2.24) is 5.32 Å². The first kappa shape index (κ1) is 13.5. The van der Waals surface area contributed by atoms with Crippen molar-refractivity contribution in [3.05, 3.63) is 23.7 Å². The normalized spacial score (nSPS) is 24.3. The standard InChI is InChI=1S/C14H21F2NO/c1-3-13-11(5-7-18-13)12(17-2)8-10-4-6-14(15,16)9-10/h5,7,10,12,17H,3-4,6,8-9H2,1-2H3. The summed E-state index contributed by atoms with van der Waals surface area (Å²) in [6.45, 7) is 2.04. The molecule has 0 spiro atoms. The van der Waals surface area contributed by atoms with E-state index in [1.807, 2.05) is 20.0 Å². The van der Waals surface area contributed by atoms with Gasteiger partial charge in [0, 0.05) is 30.9 Å². The summed E-state index contributed by atoms with van der Waals surface area (Å²) in [7, 11) is 1.88. The third-order valence-corrected chi connectivity index (χ3v) is 3.90. The lowest BCUT2D eigenvalue weighted by molar-refractivity contribution is 0.00433. The highest BCUT2D eigenvalue weighted by molar-refractivity contribution is 5.21. The second-order valence-corrected chi connectivity index (χ2v) is 5.19. The zero-order valence-corrected chi connectivity index (χ0v) is 11.0. The third-order valence-electron chi connectivity index (χ3n) is 3.90. The molecular formula is C14H21F2NO. The second kappa shape index (κ2) is 5.39. The van der Waals surface area contributed by atoms with E-state index in [1.165, 1.54) is 0 Å². The number of hydrogen-bond donors (Lipinski definition) is 1. The van der Waals surface area contributed by atoms with Crippen LogP contribution in [0.5, 0.6) is 0 Å². The summed E-state index contributed by atoms with van der Waals surface area (Å²) < 4.78 is 31.8. The van der Waals surface area contributed by atoms with Gasteiger partial charge in [0.2, 0.25) is 5.92 Å². The van der Waals surface area contributed by atoms with E-state index >= 15 is 0 Å². The fraction of sp³-hybridized carbons (Fsp3) is 0.714. The monoisotopic (exact) mass is 257 g/mol. The van der Waals surface area contributed by atoms with Gasteiger partial charge in [-0.3, -0.25) is 0 Å². The van der Waals surface area contributed by atoms with Gasteiger partial charge in [-0.05, 0) is 31.9 Å². The van der Waals surface area contributed by atoms with Gasteiger partial charge in [0.15, 0.2) is 0 Å². The van der Waals surface area contributed by atoms with Gasteiger partial charge in [-0.25, -0.2) is 8.78 Å². The van der Waals surface area contributed by atoms with Gasteiger partial charge in [0.25, 0.3) is 0 Å². The minimum atomic E-state index is -2.45. The Morgan fingerprint density at radius 2 is 2.33 bits per heavy atom. The van der Waals surface area contributed by atoms with Crippen molar-refractivity contribution in [3.8, 4) is 0 Å². The van der Waals surface area contributed by atoms with E-state index in [-0.39, 0.29) is 24.8 Å². The molecule has 1 aromatic rings. The summed E-state index contributed by atoms with van der Waals surface area (Å²) in [6.07, 6.45) is 3.98. The predicted molar refractivity (Wildman–Crippen MR) is 66.8 cm³/mol. The van der Waals surface area contributed by atoms with Crippen LogP contribution in [0.1, 0.15) is 50.0 Å². The van der Waals surface area contributed by atoms with Crippen LogP contribution in [-0.2, 0) is 6.42 Å². The number of hydrogen-bond acceptors (Lipinski definition) is 2. The molecule has 2 atom stereocenters. The van der Waals surface area contributed by atoms with Crippen LogP contribution in [0.3, 0.4) is 0 Å². The average Bonchev–Trinajstić information content (AvgIpc) is 2.92. The molecule has 2 rings (SSSR count). The van der Waals surface area contributed by atoms with Crippen LogP contribution in [0.25, 0.3) is 0 Å². The molecule has 102 valence electrons. The van der Waals surface area contributed by atoms with Crippen molar-refractivity contribution < 1.29 is 13.2 Å². The van der Waals surface area contributed by atoms with Crippen molar-refractivity contribution >= 4 is 0 Å². The quantitative estimate of drug-likeness (QED) is 0.864. The van der Waals surface area contributed by atoms with Crippen molar-refractivity contribution in [2.75, 3.05) is 7.05 Å². The van der Waals surface area contributed by atoms with E-state index in [4.69, 9.17) is 4.42 Å². The Morgan fingerprint density at radius 1 is 1.56 bits per heavy atom. The number of halogens is 2. The summed E-state index contributed by atoms with van der Waals surface area (Å²) in [5, 5.41) is 3.23. The van der Waals surface area contributed by atoms with Gasteiger partial charge in [0.1, 0.15) is 5.76 Å². The van der Waals surface area contributed by atoms with Crippen molar-refractivity contribution in [1.29, 1.82) is 0 Å². The molecule has 4 heteroatoms. The molecule has 0 aromatic carbocycles. The Morgan fingerprint density at radius 3 is 2.89 bits per heavy atom. The molecule has 1 aliphatic carbocycles. The first-order valence-corrected chi connectivity index (χ1v) is 6.67. The molecule has 1 saturated carbocycles. The molecule has 0 saturated heterocycles. The summed E-state index contributed by atoms with van der Waals surface area (Å²) in [5.41, 5.74) is 1.12. The molecule has 2 nitrogen and oxygen atoms in total. The number of alkyl halides is 2. The van der Waals surface area contributed by atoms with Gasteiger partial charge in [-0.2, -0.15) is 0 Å². The molecule has 1 aliphatic rings. The molecule has 0 radical (unpaired) electrons. The SMILES string of the molecule is CCc1occc1C(CC1CCC(F)(F)C1)NC. The molecule has 0 amide bonds. The van der Waals surface area contributed by atoms with Crippen LogP contribution in [0.4, 0.5) is 8.78 Å². The van der Waals surface area contributed by atoms with Crippen LogP contribution in [0, 0.1) is 5.92 Å². The van der Waals surface area contributed by atoms with Crippen LogP contribution >= 0.6 is 0 Å². The highest BCUT2D eigenvalue weighted by atomic mass is 19.3. The zero-order valence-electron chi connectivity index (χ0n) is 11.0. The maximum atomic E-state index is 13.2. The Hall–Kier alpha value is -0.900. The Kier molecular flexibility index (Phi) is 4.05. The van der Waals surface area contributed by atoms with E-state index in [1.54, 1.807) is 6.26 Å². The van der Waals surface area contributed by atoms with Crippen molar-refractivity contribution in [2.45, 2.75) is 51.0 Å². The van der Waals surface area contributed by atoms with Crippen LogP contribution < -0.4 is 5.32 Å².